The van der Waals surface area contributed by atoms with Crippen molar-refractivity contribution in [1.82, 2.24) is 0 Å². The van der Waals surface area contributed by atoms with E-state index in [1.807, 2.05) is 12.1 Å². The van der Waals surface area contributed by atoms with Gasteiger partial charge in [-0.1, -0.05) is 36.4 Å². The normalized spacial score (nSPS) is 7.61. The van der Waals surface area contributed by atoms with E-state index >= 15 is 0 Å². The maximum Gasteiger partial charge on any atom is 0.234 e. The topological polar surface area (TPSA) is 69.9 Å². The zero-order valence-corrected chi connectivity index (χ0v) is 10.0. The Morgan fingerprint density at radius 1 is 0.833 bits per heavy atom. The molecule has 2 aromatic rings. The molecule has 0 spiro atoms. The molecule has 0 radical (unpaired) electrons. The Balaban J connectivity index is 0.000000253. The number of rotatable bonds is 0. The Kier molecular flexibility index (Phi) is 9.36. The number of carbonyl (C=O) groups excluding carboxylic acids is 1. The zero-order valence-electron chi connectivity index (χ0n) is 10.0. The molecule has 2 N–H and O–H groups in total. The predicted molar refractivity (Wildman–Crippen MR) is 70.3 cm³/mol. The monoisotopic (exact) mass is 245 g/mol. The van der Waals surface area contributed by atoms with Crippen LogP contribution in [0.25, 0.3) is 0 Å². The minimum Gasteiger partial charge on any atom is -0.508 e. The van der Waals surface area contributed by atoms with Crippen LogP contribution in [0.5, 0.6) is 11.5 Å². The van der Waals surface area contributed by atoms with Gasteiger partial charge in [-0.15, -0.1) is 0 Å². The highest BCUT2D eigenvalue weighted by Gasteiger charge is 1.75. The van der Waals surface area contributed by atoms with Crippen molar-refractivity contribution in [2.24, 2.45) is 4.99 Å². The summed E-state index contributed by atoms with van der Waals surface area (Å²) in [6.45, 7) is 0. The second-order valence-electron chi connectivity index (χ2n) is 2.99. The summed E-state index contributed by atoms with van der Waals surface area (Å²) in [5.74, 6) is 0.644. The van der Waals surface area contributed by atoms with Crippen LogP contribution >= 0.6 is 0 Å². The van der Waals surface area contributed by atoms with E-state index in [4.69, 9.17) is 15.0 Å². The van der Waals surface area contributed by atoms with E-state index in [9.17, 15) is 0 Å². The summed E-state index contributed by atoms with van der Waals surface area (Å²) in [5, 5.41) is 17.3. The second kappa shape index (κ2) is 10.9. The minimum atomic E-state index is 0.322. The maximum absolute atomic E-state index is 8.88. The maximum atomic E-state index is 8.88. The molecule has 4 nitrogen and oxygen atoms in total. The molecular weight excluding hydrogens is 230 g/mol. The Bertz CT molecular complexity index is 413. The molecule has 0 aliphatic rings. The zero-order chi connectivity index (χ0) is 13.6. The summed E-state index contributed by atoms with van der Waals surface area (Å²) >= 11 is 0. The predicted octanol–water partition coefficient (Wildman–Crippen LogP) is 2.74. The van der Waals surface area contributed by atoms with Crippen molar-refractivity contribution in [2.45, 2.75) is 0 Å². The molecule has 0 unspecified atom stereocenters. The molecular formula is C14H15NO3. The molecule has 0 fully saturated rings. The summed E-state index contributed by atoms with van der Waals surface area (Å²) in [6, 6.07) is 17.4. The molecule has 0 aromatic heterocycles. The van der Waals surface area contributed by atoms with Crippen molar-refractivity contribution in [3.05, 3.63) is 60.7 Å². The van der Waals surface area contributed by atoms with Crippen LogP contribution in [0.2, 0.25) is 0 Å². The highest BCUT2D eigenvalue weighted by atomic mass is 16.3. The molecule has 0 bridgehead atoms. The molecule has 0 aliphatic carbocycles. The first kappa shape index (κ1) is 15.4. The molecule has 0 atom stereocenters. The SMILES string of the molecule is CN=C=O.Oc1ccccc1.Oc1ccccc1. The van der Waals surface area contributed by atoms with Gasteiger partial charge in [0, 0.05) is 7.05 Å². The smallest absolute Gasteiger partial charge is 0.234 e. The number of nitrogens with zero attached hydrogens (tertiary/aromatic N) is 1. The van der Waals surface area contributed by atoms with Crippen molar-refractivity contribution in [2.75, 3.05) is 7.05 Å². The van der Waals surface area contributed by atoms with Gasteiger partial charge in [0.25, 0.3) is 0 Å². The molecule has 2 rings (SSSR count). The Morgan fingerprint density at radius 2 is 1.11 bits per heavy atom. The van der Waals surface area contributed by atoms with Gasteiger partial charge in [0.05, 0.1) is 0 Å². The van der Waals surface area contributed by atoms with Gasteiger partial charge in [-0.05, 0) is 24.3 Å². The first-order valence-corrected chi connectivity index (χ1v) is 5.14. The molecule has 2 aromatic carbocycles. The van der Waals surface area contributed by atoms with Crippen molar-refractivity contribution in [3.63, 3.8) is 0 Å². The highest BCUT2D eigenvalue weighted by Crippen LogP contribution is 2.03. The Hall–Kier alpha value is -2.58. The van der Waals surface area contributed by atoms with Gasteiger partial charge < -0.3 is 10.2 Å². The third-order valence-corrected chi connectivity index (χ3v) is 1.60. The summed E-state index contributed by atoms with van der Waals surface area (Å²) in [6.07, 6.45) is 1.31. The molecule has 0 heterocycles. The molecule has 0 saturated carbocycles. The molecule has 4 heteroatoms. The van der Waals surface area contributed by atoms with E-state index in [-0.39, 0.29) is 0 Å². The first-order valence-electron chi connectivity index (χ1n) is 5.14. The average molecular weight is 245 g/mol. The molecule has 94 valence electrons. The fourth-order valence-electron chi connectivity index (χ4n) is 0.856. The van der Waals surface area contributed by atoms with Crippen LogP contribution in [0.1, 0.15) is 0 Å². The molecule has 18 heavy (non-hydrogen) atoms. The van der Waals surface area contributed by atoms with Gasteiger partial charge in [0.15, 0.2) is 0 Å². The van der Waals surface area contributed by atoms with Crippen LogP contribution < -0.4 is 0 Å². The molecule has 0 aliphatic heterocycles. The van der Waals surface area contributed by atoms with Crippen molar-refractivity contribution < 1.29 is 15.0 Å². The number of hydrogen-bond acceptors (Lipinski definition) is 4. The van der Waals surface area contributed by atoms with E-state index in [0.29, 0.717) is 11.5 Å². The van der Waals surface area contributed by atoms with Gasteiger partial charge in [-0.2, -0.15) is 0 Å². The highest BCUT2D eigenvalue weighted by molar-refractivity contribution is 5.32. The quantitative estimate of drug-likeness (QED) is 0.554. The lowest BCUT2D eigenvalue weighted by Gasteiger charge is -1.82. The summed E-state index contributed by atoms with van der Waals surface area (Å²) in [4.78, 5) is 11.8. The first-order chi connectivity index (χ1) is 8.70. The van der Waals surface area contributed by atoms with Crippen LogP contribution in [0.15, 0.2) is 65.7 Å². The number of benzene rings is 2. The fourth-order valence-corrected chi connectivity index (χ4v) is 0.856. The van der Waals surface area contributed by atoms with Gasteiger partial charge in [0.2, 0.25) is 6.08 Å². The molecule has 0 saturated heterocycles. The van der Waals surface area contributed by atoms with E-state index in [1.165, 1.54) is 13.1 Å². The summed E-state index contributed by atoms with van der Waals surface area (Å²) in [5.41, 5.74) is 0. The van der Waals surface area contributed by atoms with Crippen LogP contribution in [-0.2, 0) is 4.79 Å². The van der Waals surface area contributed by atoms with E-state index in [1.54, 1.807) is 48.5 Å². The van der Waals surface area contributed by atoms with E-state index in [0.717, 1.165) is 0 Å². The largest absolute Gasteiger partial charge is 0.508 e. The van der Waals surface area contributed by atoms with E-state index < -0.39 is 0 Å². The summed E-state index contributed by atoms with van der Waals surface area (Å²) < 4.78 is 0. The molecule has 0 amide bonds. The van der Waals surface area contributed by atoms with Crippen molar-refractivity contribution >= 4 is 6.08 Å². The van der Waals surface area contributed by atoms with E-state index in [2.05, 4.69) is 4.99 Å². The van der Waals surface area contributed by atoms with Gasteiger partial charge in [-0.25, -0.2) is 9.79 Å². The number of phenolic OH excluding ortho intramolecular Hbond substituents is 2. The second-order valence-corrected chi connectivity index (χ2v) is 2.99. The lowest BCUT2D eigenvalue weighted by Crippen LogP contribution is -1.56. The average Bonchev–Trinajstić information content (AvgIpc) is 2.41. The third kappa shape index (κ3) is 9.96. The van der Waals surface area contributed by atoms with Crippen LogP contribution in [0.4, 0.5) is 0 Å². The van der Waals surface area contributed by atoms with Gasteiger partial charge in [-0.3, -0.25) is 0 Å². The van der Waals surface area contributed by atoms with Crippen LogP contribution in [0.3, 0.4) is 0 Å². The third-order valence-electron chi connectivity index (χ3n) is 1.60. The Morgan fingerprint density at radius 3 is 1.22 bits per heavy atom. The standard InChI is InChI=1S/2C6H6O.C2H3NO/c2*7-6-4-2-1-3-5-6;1-3-2-4/h2*1-5,7H;1H3. The number of aromatic hydroxyl groups is 2. The number of hydrogen-bond donors (Lipinski definition) is 2. The lowest BCUT2D eigenvalue weighted by molar-refractivity contribution is 0.475. The Labute approximate surface area is 106 Å². The van der Waals surface area contributed by atoms with Gasteiger partial charge in [0.1, 0.15) is 11.5 Å². The van der Waals surface area contributed by atoms with Crippen LogP contribution in [0, 0.1) is 0 Å². The fraction of sp³-hybridized carbons (Fsp3) is 0.0714. The van der Waals surface area contributed by atoms with Crippen LogP contribution in [-0.4, -0.2) is 23.3 Å². The van der Waals surface area contributed by atoms with Crippen molar-refractivity contribution in [3.8, 4) is 11.5 Å². The minimum absolute atomic E-state index is 0.322. The van der Waals surface area contributed by atoms with Gasteiger partial charge >= 0.3 is 0 Å². The van der Waals surface area contributed by atoms with Crippen molar-refractivity contribution in [1.29, 1.82) is 0 Å². The lowest BCUT2D eigenvalue weighted by atomic mass is 10.3. The summed E-state index contributed by atoms with van der Waals surface area (Å²) in [7, 11) is 1.38. The number of aliphatic imine (C=N–C) groups is 1. The number of para-hydroxylation sites is 2. The number of isocyanates is 1. The number of phenols is 2.